The van der Waals surface area contributed by atoms with E-state index in [0.29, 0.717) is 12.8 Å². The molecule has 1 saturated carbocycles. The van der Waals surface area contributed by atoms with Crippen molar-refractivity contribution in [2.45, 2.75) is 89.9 Å². The smallest absolute Gasteiger partial charge is 0.408 e. The van der Waals surface area contributed by atoms with Crippen molar-refractivity contribution in [3.05, 3.63) is 29.8 Å². The summed E-state index contributed by atoms with van der Waals surface area (Å²) in [6, 6.07) is 6.49. The molecule has 1 aromatic carbocycles. The Morgan fingerprint density at radius 3 is 2.33 bits per heavy atom. The normalized spacial score (nSPS) is 15.3. The number of benzene rings is 1. The van der Waals surface area contributed by atoms with Crippen molar-refractivity contribution in [1.29, 1.82) is 0 Å². The van der Waals surface area contributed by atoms with E-state index in [9.17, 15) is 14.4 Å². The van der Waals surface area contributed by atoms with Crippen LogP contribution in [0.3, 0.4) is 0 Å². The number of carbonyl (C=O) groups excluding carboxylic acids is 3. The molecule has 1 fully saturated rings. The first kappa shape index (κ1) is 26.5. The highest BCUT2D eigenvalue weighted by Gasteiger charge is 2.29. The Hall–Kier alpha value is -2.77. The molecular formula is C25H37NO7. The van der Waals surface area contributed by atoms with Gasteiger partial charge in [0.15, 0.2) is 0 Å². The highest BCUT2D eigenvalue weighted by Crippen LogP contribution is 2.21. The highest BCUT2D eigenvalue weighted by molar-refractivity contribution is 5.86. The number of nitrogens with one attached hydrogen (secondary N) is 1. The fourth-order valence-electron chi connectivity index (χ4n) is 3.57. The largest absolute Gasteiger partial charge is 0.497 e. The Morgan fingerprint density at radius 2 is 1.73 bits per heavy atom. The molecule has 0 unspecified atom stereocenters. The monoisotopic (exact) mass is 463 g/mol. The number of carbonyl (C=O) groups is 3. The number of hydrogen-bond acceptors (Lipinski definition) is 7. The Kier molecular flexibility index (Phi) is 10.5. The van der Waals surface area contributed by atoms with Crippen LogP contribution in [0.4, 0.5) is 4.79 Å². The van der Waals surface area contributed by atoms with Crippen molar-refractivity contribution in [3.63, 3.8) is 0 Å². The molecule has 0 radical (unpaired) electrons. The fourth-order valence-corrected chi connectivity index (χ4v) is 3.57. The summed E-state index contributed by atoms with van der Waals surface area (Å²) < 4.78 is 21.2. The zero-order valence-electron chi connectivity index (χ0n) is 20.2. The molecule has 1 aromatic rings. The average Bonchev–Trinajstić information content (AvgIpc) is 2.76. The van der Waals surface area contributed by atoms with E-state index in [2.05, 4.69) is 5.32 Å². The van der Waals surface area contributed by atoms with Gasteiger partial charge in [-0.25, -0.2) is 9.59 Å². The quantitative estimate of drug-likeness (QED) is 0.313. The maximum absolute atomic E-state index is 12.7. The van der Waals surface area contributed by atoms with Crippen LogP contribution in [0.1, 0.15) is 71.3 Å². The zero-order chi connectivity index (χ0) is 24.3. The van der Waals surface area contributed by atoms with Crippen LogP contribution in [0.15, 0.2) is 24.3 Å². The van der Waals surface area contributed by atoms with Gasteiger partial charge in [0.05, 0.1) is 20.1 Å². The number of methoxy groups -OCH3 is 1. The number of rotatable bonds is 10. The standard InChI is InChI=1S/C25H37NO7/c1-25(2,3)33-24(29)26-21(17-22(27)32-20-10-6-5-7-11-20)23(28)31-16-8-9-18-12-14-19(30-4)15-13-18/h12-15,20-21H,5-11,16-17H2,1-4H3,(H,26,29)/t21-/m0/s1. The summed E-state index contributed by atoms with van der Waals surface area (Å²) in [5, 5.41) is 2.46. The van der Waals surface area contributed by atoms with Crippen LogP contribution in [-0.4, -0.2) is 49.5 Å². The van der Waals surface area contributed by atoms with Crippen LogP contribution in [-0.2, 0) is 30.2 Å². The number of ether oxygens (including phenoxy) is 4. The lowest BCUT2D eigenvalue weighted by Gasteiger charge is -2.24. The third-order valence-electron chi connectivity index (χ3n) is 5.21. The van der Waals surface area contributed by atoms with Gasteiger partial charge in [-0.15, -0.1) is 0 Å². The summed E-state index contributed by atoms with van der Waals surface area (Å²) in [6.45, 7) is 5.32. The molecule has 2 rings (SSSR count). The van der Waals surface area contributed by atoms with Crippen LogP contribution in [0.5, 0.6) is 5.75 Å². The third-order valence-corrected chi connectivity index (χ3v) is 5.21. The summed E-state index contributed by atoms with van der Waals surface area (Å²) >= 11 is 0. The predicted octanol–water partition coefficient (Wildman–Crippen LogP) is 4.33. The van der Waals surface area contributed by atoms with Crippen molar-refractivity contribution >= 4 is 18.0 Å². The van der Waals surface area contributed by atoms with Crippen molar-refractivity contribution in [2.24, 2.45) is 0 Å². The summed E-state index contributed by atoms with van der Waals surface area (Å²) in [5.74, 6) is -0.435. The fraction of sp³-hybridized carbons (Fsp3) is 0.640. The van der Waals surface area contributed by atoms with Gasteiger partial charge >= 0.3 is 18.0 Å². The van der Waals surface area contributed by atoms with Gasteiger partial charge in [-0.05, 0) is 77.0 Å². The predicted molar refractivity (Wildman–Crippen MR) is 123 cm³/mol. The van der Waals surface area contributed by atoms with Gasteiger partial charge < -0.3 is 24.3 Å². The Bertz CT molecular complexity index is 764. The first-order valence-corrected chi connectivity index (χ1v) is 11.6. The van der Waals surface area contributed by atoms with E-state index < -0.39 is 29.7 Å². The minimum atomic E-state index is -1.17. The van der Waals surface area contributed by atoms with Gasteiger partial charge in [-0.2, -0.15) is 0 Å². The molecule has 0 heterocycles. The van der Waals surface area contributed by atoms with Crippen molar-refractivity contribution in [1.82, 2.24) is 5.32 Å². The Morgan fingerprint density at radius 1 is 1.06 bits per heavy atom. The molecule has 184 valence electrons. The number of aryl methyl sites for hydroxylation is 1. The number of alkyl carbamates (subject to hydrolysis) is 1. The molecule has 33 heavy (non-hydrogen) atoms. The number of esters is 2. The molecule has 0 aromatic heterocycles. The molecule has 1 aliphatic rings. The molecule has 1 atom stereocenters. The van der Waals surface area contributed by atoms with Gasteiger partial charge in [0, 0.05) is 0 Å². The van der Waals surface area contributed by atoms with Crippen molar-refractivity contribution in [3.8, 4) is 5.75 Å². The van der Waals surface area contributed by atoms with E-state index in [1.54, 1.807) is 27.9 Å². The Balaban J connectivity index is 1.87. The Labute approximate surface area is 196 Å². The molecule has 1 N–H and O–H groups in total. The SMILES string of the molecule is COc1ccc(CCCOC(=O)[C@H](CC(=O)OC2CCCCC2)NC(=O)OC(C)(C)C)cc1. The molecule has 1 aliphatic carbocycles. The molecule has 1 amide bonds. The maximum atomic E-state index is 12.7. The third kappa shape index (κ3) is 10.6. The first-order valence-electron chi connectivity index (χ1n) is 11.6. The summed E-state index contributed by atoms with van der Waals surface area (Å²) in [4.78, 5) is 37.3. The van der Waals surface area contributed by atoms with Crippen LogP contribution < -0.4 is 10.1 Å². The lowest BCUT2D eigenvalue weighted by Crippen LogP contribution is -2.46. The lowest BCUT2D eigenvalue weighted by atomic mass is 9.98. The minimum Gasteiger partial charge on any atom is -0.497 e. The first-order chi connectivity index (χ1) is 15.7. The van der Waals surface area contributed by atoms with Gasteiger partial charge in [0.25, 0.3) is 0 Å². The van der Waals surface area contributed by atoms with Gasteiger partial charge in [-0.3, -0.25) is 4.79 Å². The molecule has 0 aliphatic heterocycles. The maximum Gasteiger partial charge on any atom is 0.408 e. The van der Waals surface area contributed by atoms with E-state index in [1.165, 1.54) is 0 Å². The van der Waals surface area contributed by atoms with Crippen LogP contribution >= 0.6 is 0 Å². The van der Waals surface area contributed by atoms with Crippen LogP contribution in [0.25, 0.3) is 0 Å². The zero-order valence-corrected chi connectivity index (χ0v) is 20.2. The minimum absolute atomic E-state index is 0.131. The van der Waals surface area contributed by atoms with E-state index in [4.69, 9.17) is 18.9 Å². The van der Waals surface area contributed by atoms with Crippen LogP contribution in [0.2, 0.25) is 0 Å². The lowest BCUT2D eigenvalue weighted by molar-refractivity contribution is -0.156. The van der Waals surface area contributed by atoms with E-state index >= 15 is 0 Å². The second kappa shape index (κ2) is 13.1. The average molecular weight is 464 g/mol. The van der Waals surface area contributed by atoms with E-state index in [0.717, 1.165) is 43.4 Å². The second-order valence-electron chi connectivity index (χ2n) is 9.27. The molecule has 0 saturated heterocycles. The number of amides is 1. The topological polar surface area (TPSA) is 100 Å². The van der Waals surface area contributed by atoms with Gasteiger partial charge in [-0.1, -0.05) is 18.6 Å². The summed E-state index contributed by atoms with van der Waals surface area (Å²) in [6.07, 6.45) is 4.93. The van der Waals surface area contributed by atoms with Gasteiger partial charge in [0.1, 0.15) is 23.5 Å². The van der Waals surface area contributed by atoms with E-state index in [-0.39, 0.29) is 19.1 Å². The van der Waals surface area contributed by atoms with E-state index in [1.807, 2.05) is 24.3 Å². The van der Waals surface area contributed by atoms with Crippen molar-refractivity contribution in [2.75, 3.05) is 13.7 Å². The summed E-state index contributed by atoms with van der Waals surface area (Å²) in [5.41, 5.74) is 0.353. The molecule has 8 heteroatoms. The molecule has 0 bridgehead atoms. The molecular weight excluding hydrogens is 426 g/mol. The van der Waals surface area contributed by atoms with Gasteiger partial charge in [0.2, 0.25) is 0 Å². The summed E-state index contributed by atoms with van der Waals surface area (Å²) in [7, 11) is 1.61. The second-order valence-corrected chi connectivity index (χ2v) is 9.27. The highest BCUT2D eigenvalue weighted by atomic mass is 16.6. The molecule has 0 spiro atoms. The number of hydrogen-bond donors (Lipinski definition) is 1. The van der Waals surface area contributed by atoms with Crippen molar-refractivity contribution < 1.29 is 33.3 Å². The van der Waals surface area contributed by atoms with Crippen LogP contribution in [0, 0.1) is 0 Å². The molecule has 8 nitrogen and oxygen atoms in total.